The van der Waals surface area contributed by atoms with Crippen LogP contribution in [0.25, 0.3) is 5.69 Å². The van der Waals surface area contributed by atoms with E-state index in [1.165, 1.54) is 4.68 Å². The average Bonchev–Trinajstić information content (AvgIpc) is 2.66. The average molecular weight is 398 g/mol. The summed E-state index contributed by atoms with van der Waals surface area (Å²) in [5, 5.41) is 4.28. The van der Waals surface area contributed by atoms with Gasteiger partial charge in [0.2, 0.25) is 0 Å². The van der Waals surface area contributed by atoms with Crippen molar-refractivity contribution in [3.63, 3.8) is 0 Å². The van der Waals surface area contributed by atoms with Gasteiger partial charge in [-0.2, -0.15) is 5.10 Å². The number of nitrogens with zero attached hydrogens (tertiary/aromatic N) is 2. The molecule has 0 amide bonds. The van der Waals surface area contributed by atoms with Crippen molar-refractivity contribution in [2.45, 2.75) is 24.7 Å². The Morgan fingerprint density at radius 3 is 2.65 bits per heavy atom. The zero-order valence-electron chi connectivity index (χ0n) is 10.5. The topological polar surface area (TPSA) is 52.0 Å². The molecule has 1 heterocycles. The van der Waals surface area contributed by atoms with Gasteiger partial charge in [0.1, 0.15) is 4.90 Å². The van der Waals surface area contributed by atoms with Crippen LogP contribution >= 0.6 is 38.2 Å². The van der Waals surface area contributed by atoms with Crippen molar-refractivity contribution in [1.82, 2.24) is 9.78 Å². The van der Waals surface area contributed by atoms with Crippen molar-refractivity contribution in [1.29, 1.82) is 0 Å². The minimum Gasteiger partial charge on any atom is -0.220 e. The lowest BCUT2D eigenvalue weighted by Gasteiger charge is -2.03. The van der Waals surface area contributed by atoms with Gasteiger partial charge < -0.3 is 0 Å². The minimum atomic E-state index is -3.94. The third kappa shape index (κ3) is 3.19. The van der Waals surface area contributed by atoms with Gasteiger partial charge in [-0.25, -0.2) is 13.1 Å². The third-order valence-electron chi connectivity index (χ3n) is 2.64. The summed E-state index contributed by atoms with van der Waals surface area (Å²) in [6.45, 7) is 1.93. The molecule has 1 aromatic carbocycles. The van der Waals surface area contributed by atoms with Gasteiger partial charge in [-0.15, -0.1) is 0 Å². The first-order valence-electron chi connectivity index (χ1n) is 5.82. The molecule has 0 radical (unpaired) electrons. The standard InChI is InChI=1S/C12H11BrCl2N2O2S/c1-2-4-10-11(20(15,18)19)12(14)17(16-10)9-6-3-5-8(13)7-9/h3,5-7H,2,4H2,1H3. The second-order valence-electron chi connectivity index (χ2n) is 4.15. The van der Waals surface area contributed by atoms with Gasteiger partial charge in [0.15, 0.2) is 5.15 Å². The first-order chi connectivity index (χ1) is 9.34. The molecule has 0 fully saturated rings. The molecule has 0 unspecified atom stereocenters. The second kappa shape index (κ2) is 6.05. The van der Waals surface area contributed by atoms with Crippen molar-refractivity contribution in [3.8, 4) is 5.69 Å². The van der Waals surface area contributed by atoms with Crippen LogP contribution in [0.2, 0.25) is 5.15 Å². The van der Waals surface area contributed by atoms with Crippen LogP contribution in [0.3, 0.4) is 0 Å². The molecular weight excluding hydrogens is 387 g/mol. The lowest BCUT2D eigenvalue weighted by molar-refractivity contribution is 0.608. The summed E-state index contributed by atoms with van der Waals surface area (Å²) in [5.74, 6) is 0. The van der Waals surface area contributed by atoms with E-state index in [9.17, 15) is 8.42 Å². The highest BCUT2D eigenvalue weighted by Crippen LogP contribution is 2.31. The SMILES string of the molecule is CCCc1nn(-c2cccc(Br)c2)c(Cl)c1S(=O)(=O)Cl. The number of benzene rings is 1. The molecular formula is C12H11BrCl2N2O2S. The predicted molar refractivity (Wildman–Crippen MR) is 83.3 cm³/mol. The van der Waals surface area contributed by atoms with Crippen molar-refractivity contribution in [2.24, 2.45) is 0 Å². The first-order valence-corrected chi connectivity index (χ1v) is 9.30. The summed E-state index contributed by atoms with van der Waals surface area (Å²) in [7, 11) is 1.52. The van der Waals surface area contributed by atoms with Crippen LogP contribution in [0.1, 0.15) is 19.0 Å². The van der Waals surface area contributed by atoms with E-state index >= 15 is 0 Å². The van der Waals surface area contributed by atoms with Gasteiger partial charge in [-0.05, 0) is 24.6 Å². The maximum atomic E-state index is 11.7. The highest BCUT2D eigenvalue weighted by Gasteiger charge is 2.26. The molecule has 0 saturated heterocycles. The fourth-order valence-corrected chi connectivity index (χ4v) is 4.10. The fraction of sp³-hybridized carbons (Fsp3) is 0.250. The second-order valence-corrected chi connectivity index (χ2v) is 7.92. The molecule has 0 aliphatic heterocycles. The first kappa shape index (κ1) is 15.8. The van der Waals surface area contributed by atoms with E-state index in [2.05, 4.69) is 21.0 Å². The molecule has 1 aromatic heterocycles. The van der Waals surface area contributed by atoms with E-state index in [4.69, 9.17) is 22.3 Å². The van der Waals surface area contributed by atoms with Gasteiger partial charge in [-0.1, -0.05) is 46.9 Å². The number of aromatic nitrogens is 2. The Labute approximate surface area is 135 Å². The van der Waals surface area contributed by atoms with Gasteiger partial charge in [0.25, 0.3) is 9.05 Å². The molecule has 0 spiro atoms. The molecule has 0 saturated carbocycles. The molecule has 2 rings (SSSR count). The lowest BCUT2D eigenvalue weighted by atomic mass is 10.2. The summed E-state index contributed by atoms with van der Waals surface area (Å²) >= 11 is 9.51. The van der Waals surface area contributed by atoms with Crippen LogP contribution in [0, 0.1) is 0 Å². The van der Waals surface area contributed by atoms with Gasteiger partial charge in [-0.3, -0.25) is 0 Å². The minimum absolute atomic E-state index is 0.00144. The summed E-state index contributed by atoms with van der Waals surface area (Å²) in [5.41, 5.74) is 1.04. The number of rotatable bonds is 4. The Bertz CT molecular complexity index is 744. The van der Waals surface area contributed by atoms with Crippen LogP contribution in [0.4, 0.5) is 0 Å². The van der Waals surface area contributed by atoms with E-state index < -0.39 is 9.05 Å². The van der Waals surface area contributed by atoms with Crippen molar-refractivity contribution >= 4 is 47.3 Å². The Balaban J connectivity index is 2.68. The summed E-state index contributed by atoms with van der Waals surface area (Å²) in [6, 6.07) is 7.24. The molecule has 20 heavy (non-hydrogen) atoms. The number of hydrogen-bond acceptors (Lipinski definition) is 3. The Hall–Kier alpha value is -0.560. The molecule has 0 aliphatic carbocycles. The Morgan fingerprint density at radius 1 is 1.40 bits per heavy atom. The zero-order chi connectivity index (χ0) is 14.9. The lowest BCUT2D eigenvalue weighted by Crippen LogP contribution is -1.97. The van der Waals surface area contributed by atoms with Crippen LogP contribution < -0.4 is 0 Å². The van der Waals surface area contributed by atoms with Crippen LogP contribution in [0.5, 0.6) is 0 Å². The zero-order valence-corrected chi connectivity index (χ0v) is 14.4. The van der Waals surface area contributed by atoms with Gasteiger partial charge in [0, 0.05) is 15.2 Å². The Kier molecular flexibility index (Phi) is 4.79. The van der Waals surface area contributed by atoms with E-state index in [0.29, 0.717) is 17.8 Å². The fourth-order valence-electron chi connectivity index (χ4n) is 1.85. The van der Waals surface area contributed by atoms with E-state index in [1.54, 1.807) is 12.1 Å². The largest absolute Gasteiger partial charge is 0.266 e. The normalized spacial score (nSPS) is 11.8. The summed E-state index contributed by atoms with van der Waals surface area (Å²) in [6.07, 6.45) is 1.23. The van der Waals surface area contributed by atoms with Gasteiger partial charge >= 0.3 is 0 Å². The molecule has 0 N–H and O–H groups in total. The summed E-state index contributed by atoms with van der Waals surface area (Å²) in [4.78, 5) is -0.109. The van der Waals surface area contributed by atoms with Gasteiger partial charge in [0.05, 0.1) is 11.4 Å². The Morgan fingerprint density at radius 2 is 2.10 bits per heavy atom. The van der Waals surface area contributed by atoms with Crippen LogP contribution in [-0.2, 0) is 15.5 Å². The molecule has 8 heteroatoms. The monoisotopic (exact) mass is 396 g/mol. The molecule has 4 nitrogen and oxygen atoms in total. The van der Waals surface area contributed by atoms with Crippen LogP contribution in [-0.4, -0.2) is 18.2 Å². The maximum Gasteiger partial charge on any atom is 0.266 e. The molecule has 0 atom stereocenters. The molecule has 108 valence electrons. The maximum absolute atomic E-state index is 11.7. The number of aryl methyl sites for hydroxylation is 1. The molecule has 0 aliphatic rings. The van der Waals surface area contributed by atoms with E-state index in [-0.39, 0.29) is 10.0 Å². The van der Waals surface area contributed by atoms with Crippen molar-refractivity contribution < 1.29 is 8.42 Å². The molecule has 2 aromatic rings. The van der Waals surface area contributed by atoms with Crippen molar-refractivity contribution in [3.05, 3.63) is 39.6 Å². The number of hydrogen-bond donors (Lipinski definition) is 0. The highest BCUT2D eigenvalue weighted by molar-refractivity contribution is 9.10. The third-order valence-corrected chi connectivity index (χ3v) is 4.97. The molecule has 0 bridgehead atoms. The summed E-state index contributed by atoms with van der Waals surface area (Å²) < 4.78 is 25.6. The number of halogens is 3. The van der Waals surface area contributed by atoms with Crippen molar-refractivity contribution in [2.75, 3.05) is 0 Å². The quantitative estimate of drug-likeness (QED) is 0.727. The highest BCUT2D eigenvalue weighted by atomic mass is 79.9. The van der Waals surface area contributed by atoms with Crippen LogP contribution in [0.15, 0.2) is 33.6 Å². The smallest absolute Gasteiger partial charge is 0.220 e. The van der Waals surface area contributed by atoms with E-state index in [1.807, 2.05) is 19.1 Å². The predicted octanol–water partition coefficient (Wildman–Crippen LogP) is 4.17. The van der Waals surface area contributed by atoms with E-state index in [0.717, 1.165) is 10.9 Å².